The molecule has 0 unspecified atom stereocenters. The summed E-state index contributed by atoms with van der Waals surface area (Å²) in [5.41, 5.74) is 0.146. The lowest BCUT2D eigenvalue weighted by molar-refractivity contribution is 0.0690. The third-order valence-electron chi connectivity index (χ3n) is 1.88. The smallest absolute Gasteiger partial charge is 0.354 e. The molecule has 0 fully saturated rings. The minimum absolute atomic E-state index is 0.142. The number of aromatic nitrogens is 1. The Balaban J connectivity index is 2.71. The third-order valence-corrected chi connectivity index (χ3v) is 1.88. The fourth-order valence-corrected chi connectivity index (χ4v) is 1.08. The van der Waals surface area contributed by atoms with Gasteiger partial charge in [0.25, 0.3) is 5.91 Å². The zero-order valence-corrected chi connectivity index (χ0v) is 8.64. The zero-order chi connectivity index (χ0) is 12.0. The summed E-state index contributed by atoms with van der Waals surface area (Å²) >= 11 is 0. The molecule has 2 N–H and O–H groups in total. The van der Waals surface area contributed by atoms with E-state index >= 15 is 0 Å². The Morgan fingerprint density at radius 2 is 2.31 bits per heavy atom. The molecule has 0 saturated heterocycles. The molecule has 0 aromatic carbocycles. The van der Waals surface area contributed by atoms with Gasteiger partial charge >= 0.3 is 5.97 Å². The Morgan fingerprint density at radius 3 is 2.94 bits per heavy atom. The molecule has 0 radical (unpaired) electrons. The van der Waals surface area contributed by atoms with Crippen LogP contribution in [0.3, 0.4) is 0 Å². The van der Waals surface area contributed by atoms with Gasteiger partial charge in [-0.3, -0.25) is 4.79 Å². The van der Waals surface area contributed by atoms with Crippen LogP contribution in [-0.4, -0.2) is 28.5 Å². The van der Waals surface area contributed by atoms with E-state index in [0.29, 0.717) is 13.0 Å². The molecule has 0 aliphatic heterocycles. The number of aromatic carboxylic acids is 1. The summed E-state index contributed by atoms with van der Waals surface area (Å²) in [7, 11) is 0. The second kappa shape index (κ2) is 5.65. The summed E-state index contributed by atoms with van der Waals surface area (Å²) in [6.07, 6.45) is 3.66. The molecule has 0 spiro atoms. The molecule has 1 aromatic heterocycles. The Bertz CT molecular complexity index is 415. The number of carboxylic acids is 1. The number of hydrogen-bond acceptors (Lipinski definition) is 3. The fraction of sp³-hybridized carbons (Fsp3) is 0.182. The van der Waals surface area contributed by atoms with Crippen molar-refractivity contribution in [1.82, 2.24) is 10.3 Å². The molecule has 1 amide bonds. The van der Waals surface area contributed by atoms with Gasteiger partial charge in [0, 0.05) is 18.3 Å². The summed E-state index contributed by atoms with van der Waals surface area (Å²) in [5.74, 6) is -1.47. The highest BCUT2D eigenvalue weighted by atomic mass is 16.4. The lowest BCUT2D eigenvalue weighted by Crippen LogP contribution is -2.24. The maximum atomic E-state index is 11.5. The molecule has 0 aliphatic rings. The van der Waals surface area contributed by atoms with Crippen molar-refractivity contribution in [2.24, 2.45) is 0 Å². The number of nitrogens with one attached hydrogen (secondary N) is 1. The van der Waals surface area contributed by atoms with Gasteiger partial charge in [0.2, 0.25) is 0 Å². The zero-order valence-electron chi connectivity index (χ0n) is 8.64. The molecule has 0 saturated carbocycles. The van der Waals surface area contributed by atoms with Crippen LogP contribution in [0.5, 0.6) is 0 Å². The van der Waals surface area contributed by atoms with E-state index in [9.17, 15) is 9.59 Å². The first-order chi connectivity index (χ1) is 7.65. The van der Waals surface area contributed by atoms with Crippen molar-refractivity contribution in [2.45, 2.75) is 6.42 Å². The number of hydrogen-bond donors (Lipinski definition) is 2. The quantitative estimate of drug-likeness (QED) is 0.575. The van der Waals surface area contributed by atoms with E-state index in [0.717, 1.165) is 0 Å². The topological polar surface area (TPSA) is 79.3 Å². The Hall–Kier alpha value is -2.17. The predicted octanol–water partition coefficient (Wildman–Crippen LogP) is 1.09. The molecule has 1 heterocycles. The number of pyridine rings is 1. The van der Waals surface area contributed by atoms with Gasteiger partial charge in [-0.25, -0.2) is 9.78 Å². The second-order valence-electron chi connectivity index (χ2n) is 3.07. The van der Waals surface area contributed by atoms with Gasteiger partial charge in [-0.2, -0.15) is 0 Å². The van der Waals surface area contributed by atoms with Gasteiger partial charge in [0.15, 0.2) is 0 Å². The maximum absolute atomic E-state index is 11.5. The SMILES string of the molecule is C=CCCNC(=O)c1ccnc(C(=O)O)c1. The normalized spacial score (nSPS) is 9.50. The highest BCUT2D eigenvalue weighted by Crippen LogP contribution is 2.01. The van der Waals surface area contributed by atoms with E-state index < -0.39 is 5.97 Å². The summed E-state index contributed by atoms with van der Waals surface area (Å²) in [6, 6.07) is 2.71. The van der Waals surface area contributed by atoms with Crippen LogP contribution in [0.15, 0.2) is 31.0 Å². The molecule has 5 heteroatoms. The third kappa shape index (κ3) is 3.20. The number of carboxylic acid groups (broad SMARTS) is 1. The minimum atomic E-state index is -1.15. The van der Waals surface area contributed by atoms with E-state index in [1.807, 2.05) is 0 Å². The number of rotatable bonds is 5. The van der Waals surface area contributed by atoms with Gasteiger partial charge in [-0.05, 0) is 18.6 Å². The van der Waals surface area contributed by atoms with Crippen LogP contribution in [0.4, 0.5) is 0 Å². The van der Waals surface area contributed by atoms with Crippen LogP contribution < -0.4 is 5.32 Å². The minimum Gasteiger partial charge on any atom is -0.477 e. The number of amides is 1. The van der Waals surface area contributed by atoms with Crippen LogP contribution >= 0.6 is 0 Å². The second-order valence-corrected chi connectivity index (χ2v) is 3.07. The molecular formula is C11H12N2O3. The fourth-order valence-electron chi connectivity index (χ4n) is 1.08. The largest absolute Gasteiger partial charge is 0.477 e. The van der Waals surface area contributed by atoms with Gasteiger partial charge in [0.1, 0.15) is 5.69 Å². The molecule has 0 bridgehead atoms. The van der Waals surface area contributed by atoms with E-state index in [-0.39, 0.29) is 17.2 Å². The summed E-state index contributed by atoms with van der Waals surface area (Å²) in [6.45, 7) is 4.01. The molecule has 16 heavy (non-hydrogen) atoms. The van der Waals surface area contributed by atoms with Crippen molar-refractivity contribution in [1.29, 1.82) is 0 Å². The molecular weight excluding hydrogens is 208 g/mol. The molecule has 0 aliphatic carbocycles. The van der Waals surface area contributed by atoms with Crippen LogP contribution in [0.1, 0.15) is 27.3 Å². The predicted molar refractivity (Wildman–Crippen MR) is 58.3 cm³/mol. The average molecular weight is 220 g/mol. The van der Waals surface area contributed by atoms with Gasteiger partial charge < -0.3 is 10.4 Å². The summed E-state index contributed by atoms with van der Waals surface area (Å²) in [5, 5.41) is 11.3. The Kier molecular flexibility index (Phi) is 4.20. The van der Waals surface area contributed by atoms with Gasteiger partial charge in [0.05, 0.1) is 0 Å². The van der Waals surface area contributed by atoms with Crippen LogP contribution in [0.25, 0.3) is 0 Å². The van der Waals surface area contributed by atoms with Gasteiger partial charge in [-0.15, -0.1) is 6.58 Å². The van der Waals surface area contributed by atoms with E-state index in [1.54, 1.807) is 6.08 Å². The Morgan fingerprint density at radius 1 is 1.56 bits per heavy atom. The molecule has 0 atom stereocenters. The van der Waals surface area contributed by atoms with Crippen molar-refractivity contribution in [3.05, 3.63) is 42.2 Å². The number of carbonyl (C=O) groups is 2. The van der Waals surface area contributed by atoms with Crippen LogP contribution in [0, 0.1) is 0 Å². The highest BCUT2D eigenvalue weighted by Gasteiger charge is 2.09. The van der Waals surface area contributed by atoms with Crippen LogP contribution in [-0.2, 0) is 0 Å². The first-order valence-electron chi connectivity index (χ1n) is 4.73. The highest BCUT2D eigenvalue weighted by molar-refractivity contribution is 5.96. The number of carbonyl (C=O) groups excluding carboxylic acids is 1. The Labute approximate surface area is 92.8 Å². The number of nitrogens with zero attached hydrogens (tertiary/aromatic N) is 1. The van der Waals surface area contributed by atoms with E-state index in [1.165, 1.54) is 18.3 Å². The van der Waals surface area contributed by atoms with Crippen molar-refractivity contribution >= 4 is 11.9 Å². The van der Waals surface area contributed by atoms with Crippen molar-refractivity contribution < 1.29 is 14.7 Å². The molecule has 5 nitrogen and oxygen atoms in total. The van der Waals surface area contributed by atoms with Crippen LogP contribution in [0.2, 0.25) is 0 Å². The molecule has 1 rings (SSSR count). The van der Waals surface area contributed by atoms with Crippen molar-refractivity contribution in [3.8, 4) is 0 Å². The summed E-state index contributed by atoms with van der Waals surface area (Å²) < 4.78 is 0. The standard InChI is InChI=1S/C11H12N2O3/c1-2-3-5-13-10(14)8-4-6-12-9(7-8)11(15)16/h2,4,6-7H,1,3,5H2,(H,13,14)(H,15,16). The monoisotopic (exact) mass is 220 g/mol. The first-order valence-corrected chi connectivity index (χ1v) is 4.73. The van der Waals surface area contributed by atoms with Crippen molar-refractivity contribution in [2.75, 3.05) is 6.54 Å². The van der Waals surface area contributed by atoms with Gasteiger partial charge in [-0.1, -0.05) is 6.08 Å². The lowest BCUT2D eigenvalue weighted by atomic mass is 10.2. The average Bonchev–Trinajstić information content (AvgIpc) is 2.29. The maximum Gasteiger partial charge on any atom is 0.354 e. The van der Waals surface area contributed by atoms with E-state index in [4.69, 9.17) is 5.11 Å². The van der Waals surface area contributed by atoms with E-state index in [2.05, 4.69) is 16.9 Å². The summed E-state index contributed by atoms with van der Waals surface area (Å²) in [4.78, 5) is 25.8. The first kappa shape index (κ1) is 11.9. The lowest BCUT2D eigenvalue weighted by Gasteiger charge is -2.03. The molecule has 1 aromatic rings. The molecule has 84 valence electrons. The van der Waals surface area contributed by atoms with Crippen molar-refractivity contribution in [3.63, 3.8) is 0 Å².